The second-order valence-electron chi connectivity index (χ2n) is 4.38. The Bertz CT molecular complexity index is 390. The minimum atomic E-state index is 0.375. The van der Waals surface area contributed by atoms with Crippen molar-refractivity contribution in [1.29, 1.82) is 5.26 Å². The van der Waals surface area contributed by atoms with Crippen LogP contribution in [0.2, 0.25) is 0 Å². The fourth-order valence-corrected chi connectivity index (χ4v) is 1.80. The molecule has 0 atom stereocenters. The number of nitrogens with zero attached hydrogens (tertiary/aromatic N) is 3. The average molecular weight is 202 g/mol. The predicted molar refractivity (Wildman–Crippen MR) is 57.2 cm³/mol. The van der Waals surface area contributed by atoms with Gasteiger partial charge in [0.15, 0.2) is 11.5 Å². The summed E-state index contributed by atoms with van der Waals surface area (Å²) in [7, 11) is 0. The fraction of sp³-hybridized carbons (Fsp3) is 0.545. The molecule has 1 aromatic heterocycles. The lowest BCUT2D eigenvalue weighted by Crippen LogP contribution is -2.33. The molecule has 15 heavy (non-hydrogen) atoms. The first kappa shape index (κ1) is 9.91. The molecule has 0 aromatic carbocycles. The summed E-state index contributed by atoms with van der Waals surface area (Å²) in [4.78, 5) is 8.07. The number of aromatic nitrogens is 2. The molecular formula is C11H14N4. The Morgan fingerprint density at radius 1 is 1.47 bits per heavy atom. The second-order valence-corrected chi connectivity index (χ2v) is 4.38. The van der Waals surface area contributed by atoms with Crippen LogP contribution in [0.4, 0.5) is 5.82 Å². The zero-order chi connectivity index (χ0) is 10.7. The molecule has 1 N–H and O–H groups in total. The van der Waals surface area contributed by atoms with Gasteiger partial charge in [-0.2, -0.15) is 5.26 Å². The minimum absolute atomic E-state index is 0.375. The highest BCUT2D eigenvalue weighted by molar-refractivity contribution is 5.46. The van der Waals surface area contributed by atoms with Crippen LogP contribution in [0.1, 0.15) is 31.9 Å². The van der Waals surface area contributed by atoms with E-state index in [0.717, 1.165) is 6.54 Å². The highest BCUT2D eigenvalue weighted by Crippen LogP contribution is 2.40. The summed E-state index contributed by atoms with van der Waals surface area (Å²) in [6.07, 6.45) is 6.95. The van der Waals surface area contributed by atoms with Gasteiger partial charge < -0.3 is 5.32 Å². The molecule has 0 spiro atoms. The van der Waals surface area contributed by atoms with Crippen molar-refractivity contribution >= 4 is 5.82 Å². The Kier molecular flexibility index (Phi) is 2.55. The number of hydrogen-bond acceptors (Lipinski definition) is 4. The standard InChI is InChI=1S/C11H14N4/c1-11(3-2-4-11)8-15-10-9(7-12)13-5-6-14-10/h5-6H,2-4,8H2,1H3,(H,14,15). The van der Waals surface area contributed by atoms with Crippen molar-refractivity contribution < 1.29 is 0 Å². The second kappa shape index (κ2) is 3.85. The zero-order valence-electron chi connectivity index (χ0n) is 8.82. The fourth-order valence-electron chi connectivity index (χ4n) is 1.80. The SMILES string of the molecule is CC1(CNc2nccnc2C#N)CCC1. The molecule has 1 saturated carbocycles. The number of nitrogens with one attached hydrogen (secondary N) is 1. The van der Waals surface area contributed by atoms with Gasteiger partial charge in [-0.3, -0.25) is 0 Å². The van der Waals surface area contributed by atoms with Crippen molar-refractivity contribution in [1.82, 2.24) is 9.97 Å². The van der Waals surface area contributed by atoms with Crippen molar-refractivity contribution in [2.45, 2.75) is 26.2 Å². The lowest BCUT2D eigenvalue weighted by atomic mass is 9.70. The number of nitriles is 1. The van der Waals surface area contributed by atoms with Crippen molar-refractivity contribution in [3.63, 3.8) is 0 Å². The van der Waals surface area contributed by atoms with Crippen LogP contribution in [0, 0.1) is 16.7 Å². The van der Waals surface area contributed by atoms with Crippen molar-refractivity contribution in [3.8, 4) is 6.07 Å². The molecule has 0 amide bonds. The summed E-state index contributed by atoms with van der Waals surface area (Å²) in [5, 5.41) is 12.0. The topological polar surface area (TPSA) is 61.6 Å². The number of hydrogen-bond donors (Lipinski definition) is 1. The van der Waals surface area contributed by atoms with Gasteiger partial charge >= 0.3 is 0 Å². The van der Waals surface area contributed by atoms with E-state index in [9.17, 15) is 0 Å². The van der Waals surface area contributed by atoms with E-state index in [1.807, 2.05) is 6.07 Å². The molecule has 1 heterocycles. The lowest BCUT2D eigenvalue weighted by molar-refractivity contribution is 0.180. The van der Waals surface area contributed by atoms with Gasteiger partial charge in [0.05, 0.1) is 0 Å². The normalized spacial score (nSPS) is 17.6. The van der Waals surface area contributed by atoms with Crippen molar-refractivity contribution in [2.75, 3.05) is 11.9 Å². The van der Waals surface area contributed by atoms with Crippen molar-refractivity contribution in [2.24, 2.45) is 5.41 Å². The summed E-state index contributed by atoms with van der Waals surface area (Å²) < 4.78 is 0. The molecule has 1 aliphatic rings. The van der Waals surface area contributed by atoms with E-state index in [0.29, 0.717) is 16.9 Å². The first-order valence-corrected chi connectivity index (χ1v) is 5.18. The first-order valence-electron chi connectivity index (χ1n) is 5.18. The molecule has 4 heteroatoms. The number of rotatable bonds is 3. The molecule has 0 radical (unpaired) electrons. The van der Waals surface area contributed by atoms with Gasteiger partial charge in [-0.05, 0) is 18.3 Å². The van der Waals surface area contributed by atoms with Gasteiger partial charge in [0.25, 0.3) is 0 Å². The third kappa shape index (κ3) is 2.07. The van der Waals surface area contributed by atoms with E-state index >= 15 is 0 Å². The van der Waals surface area contributed by atoms with E-state index in [4.69, 9.17) is 5.26 Å². The van der Waals surface area contributed by atoms with Gasteiger partial charge in [0.1, 0.15) is 6.07 Å². The molecule has 0 bridgehead atoms. The third-order valence-electron chi connectivity index (χ3n) is 3.05. The maximum Gasteiger partial charge on any atom is 0.182 e. The molecule has 0 saturated heterocycles. The molecule has 0 aliphatic heterocycles. The predicted octanol–water partition coefficient (Wildman–Crippen LogP) is 1.95. The van der Waals surface area contributed by atoms with E-state index in [1.165, 1.54) is 25.5 Å². The summed E-state index contributed by atoms with van der Waals surface area (Å²) in [6.45, 7) is 3.13. The maximum atomic E-state index is 8.83. The maximum absolute atomic E-state index is 8.83. The van der Waals surface area contributed by atoms with Crippen LogP contribution in [-0.4, -0.2) is 16.5 Å². The van der Waals surface area contributed by atoms with Crippen LogP contribution >= 0.6 is 0 Å². The summed E-state index contributed by atoms with van der Waals surface area (Å²) in [6, 6.07) is 2.03. The highest BCUT2D eigenvalue weighted by atomic mass is 15.0. The van der Waals surface area contributed by atoms with Crippen LogP contribution in [0.15, 0.2) is 12.4 Å². The van der Waals surface area contributed by atoms with Gasteiger partial charge in [0.2, 0.25) is 0 Å². The average Bonchev–Trinajstić information content (AvgIpc) is 2.24. The Balaban J connectivity index is 2.02. The van der Waals surface area contributed by atoms with Gasteiger partial charge in [0, 0.05) is 18.9 Å². The molecule has 1 aliphatic carbocycles. The molecule has 78 valence electrons. The quantitative estimate of drug-likeness (QED) is 0.813. The van der Waals surface area contributed by atoms with E-state index in [-0.39, 0.29) is 0 Å². The van der Waals surface area contributed by atoms with Crippen LogP contribution in [-0.2, 0) is 0 Å². The minimum Gasteiger partial charge on any atom is -0.367 e. The molecular weight excluding hydrogens is 188 g/mol. The van der Waals surface area contributed by atoms with Crippen LogP contribution in [0.25, 0.3) is 0 Å². The first-order chi connectivity index (χ1) is 7.23. The summed E-state index contributed by atoms with van der Waals surface area (Å²) in [5.41, 5.74) is 0.755. The molecule has 1 fully saturated rings. The summed E-state index contributed by atoms with van der Waals surface area (Å²) >= 11 is 0. The Labute approximate surface area is 89.4 Å². The zero-order valence-corrected chi connectivity index (χ0v) is 8.82. The highest BCUT2D eigenvalue weighted by Gasteiger charge is 2.31. The van der Waals surface area contributed by atoms with Crippen LogP contribution < -0.4 is 5.32 Å². The molecule has 0 unspecified atom stereocenters. The van der Waals surface area contributed by atoms with Gasteiger partial charge in [-0.15, -0.1) is 0 Å². The summed E-state index contributed by atoms with van der Waals surface area (Å²) in [5.74, 6) is 0.605. The van der Waals surface area contributed by atoms with E-state index < -0.39 is 0 Å². The van der Waals surface area contributed by atoms with E-state index in [1.54, 1.807) is 6.20 Å². The molecule has 4 nitrogen and oxygen atoms in total. The van der Waals surface area contributed by atoms with E-state index in [2.05, 4.69) is 22.2 Å². The monoisotopic (exact) mass is 202 g/mol. The third-order valence-corrected chi connectivity index (χ3v) is 3.05. The Morgan fingerprint density at radius 3 is 2.80 bits per heavy atom. The molecule has 1 aromatic rings. The van der Waals surface area contributed by atoms with Crippen molar-refractivity contribution in [3.05, 3.63) is 18.1 Å². The Hall–Kier alpha value is -1.63. The van der Waals surface area contributed by atoms with Crippen LogP contribution in [0.5, 0.6) is 0 Å². The number of anilines is 1. The van der Waals surface area contributed by atoms with Gasteiger partial charge in [-0.1, -0.05) is 13.3 Å². The van der Waals surface area contributed by atoms with Gasteiger partial charge in [-0.25, -0.2) is 9.97 Å². The van der Waals surface area contributed by atoms with Crippen LogP contribution in [0.3, 0.4) is 0 Å². The molecule has 2 rings (SSSR count). The Morgan fingerprint density at radius 2 is 2.20 bits per heavy atom. The lowest BCUT2D eigenvalue weighted by Gasteiger charge is -2.38. The largest absolute Gasteiger partial charge is 0.367 e. The smallest absolute Gasteiger partial charge is 0.182 e.